The van der Waals surface area contributed by atoms with Crippen LogP contribution in [0.5, 0.6) is 0 Å². The van der Waals surface area contributed by atoms with Gasteiger partial charge in [-0.25, -0.2) is 0 Å². The molecule has 5 heteroatoms. The summed E-state index contributed by atoms with van der Waals surface area (Å²) in [5, 5.41) is 9.63. The number of nitriles is 1. The van der Waals surface area contributed by atoms with Gasteiger partial charge in [-0.3, -0.25) is 0 Å². The van der Waals surface area contributed by atoms with Gasteiger partial charge >= 0.3 is 0 Å². The van der Waals surface area contributed by atoms with Crippen LogP contribution in [0.1, 0.15) is 17.0 Å². The Labute approximate surface area is 152 Å². The molecule has 0 amide bonds. The molecule has 4 rings (SSSR count). The lowest BCUT2D eigenvalue weighted by Crippen LogP contribution is -2.23. The molecule has 0 aliphatic carbocycles. The molecule has 2 aromatic carbocycles. The van der Waals surface area contributed by atoms with Gasteiger partial charge in [0.25, 0.3) is 0 Å². The Morgan fingerprint density at radius 1 is 1.17 bits per heavy atom. The van der Waals surface area contributed by atoms with Crippen LogP contribution < -0.4 is 5.73 Å². The molecular formula is C19H13BrN2OS. The van der Waals surface area contributed by atoms with Crippen LogP contribution in [-0.4, -0.2) is 5.75 Å². The SMILES string of the molecule is N#CC1=C(N)OC2=C(CSc3ccccc32)C1c1ccc(Br)cc1. The second-order valence-corrected chi connectivity index (χ2v) is 7.55. The first-order valence-electron chi connectivity index (χ1n) is 7.47. The van der Waals surface area contributed by atoms with E-state index in [1.54, 1.807) is 11.8 Å². The lowest BCUT2D eigenvalue weighted by Gasteiger charge is -2.32. The van der Waals surface area contributed by atoms with Gasteiger partial charge in [-0.1, -0.05) is 46.3 Å². The molecule has 2 aliphatic heterocycles. The molecule has 1 atom stereocenters. The van der Waals surface area contributed by atoms with Crippen molar-refractivity contribution in [2.24, 2.45) is 5.73 Å². The maximum Gasteiger partial charge on any atom is 0.205 e. The Balaban J connectivity index is 1.91. The summed E-state index contributed by atoms with van der Waals surface area (Å²) in [7, 11) is 0. The number of allylic oxidation sites excluding steroid dienone is 1. The summed E-state index contributed by atoms with van der Waals surface area (Å²) in [5.74, 6) is 1.62. The zero-order chi connectivity index (χ0) is 16.7. The molecule has 0 saturated heterocycles. The van der Waals surface area contributed by atoms with Crippen molar-refractivity contribution < 1.29 is 4.74 Å². The van der Waals surface area contributed by atoms with E-state index >= 15 is 0 Å². The minimum atomic E-state index is -0.160. The van der Waals surface area contributed by atoms with Gasteiger partial charge in [-0.15, -0.1) is 11.8 Å². The van der Waals surface area contributed by atoms with Gasteiger partial charge in [0.15, 0.2) is 0 Å². The number of ether oxygens (including phenoxy) is 1. The first-order valence-corrected chi connectivity index (χ1v) is 9.25. The molecule has 2 heterocycles. The van der Waals surface area contributed by atoms with Crippen LogP contribution in [0.4, 0.5) is 0 Å². The second kappa shape index (κ2) is 6.04. The molecule has 0 bridgehead atoms. The molecule has 0 saturated carbocycles. The molecule has 0 radical (unpaired) electrons. The van der Waals surface area contributed by atoms with Crippen molar-refractivity contribution in [1.82, 2.24) is 0 Å². The summed E-state index contributed by atoms with van der Waals surface area (Å²) in [5.41, 5.74) is 9.78. The number of halogens is 1. The van der Waals surface area contributed by atoms with Gasteiger partial charge in [0.2, 0.25) is 5.88 Å². The highest BCUT2D eigenvalue weighted by atomic mass is 79.9. The predicted molar refractivity (Wildman–Crippen MR) is 98.9 cm³/mol. The monoisotopic (exact) mass is 396 g/mol. The van der Waals surface area contributed by atoms with Crippen LogP contribution in [0.3, 0.4) is 0 Å². The highest BCUT2D eigenvalue weighted by Crippen LogP contribution is 2.48. The van der Waals surface area contributed by atoms with Gasteiger partial charge in [0, 0.05) is 20.7 Å². The van der Waals surface area contributed by atoms with Gasteiger partial charge in [0.1, 0.15) is 17.4 Å². The number of benzene rings is 2. The van der Waals surface area contributed by atoms with E-state index in [1.165, 1.54) is 4.90 Å². The van der Waals surface area contributed by atoms with Crippen molar-refractivity contribution >= 4 is 33.5 Å². The average molecular weight is 397 g/mol. The summed E-state index contributed by atoms with van der Waals surface area (Å²) in [6.07, 6.45) is 0. The normalized spacial score (nSPS) is 19.2. The molecule has 1 unspecified atom stereocenters. The Morgan fingerprint density at radius 2 is 1.92 bits per heavy atom. The summed E-state index contributed by atoms with van der Waals surface area (Å²) < 4.78 is 6.89. The van der Waals surface area contributed by atoms with Crippen molar-refractivity contribution in [3.63, 3.8) is 0 Å². The third-order valence-electron chi connectivity index (χ3n) is 4.24. The molecule has 0 aromatic heterocycles. The van der Waals surface area contributed by atoms with Crippen LogP contribution >= 0.6 is 27.7 Å². The van der Waals surface area contributed by atoms with E-state index in [9.17, 15) is 5.26 Å². The molecule has 118 valence electrons. The fourth-order valence-electron chi connectivity index (χ4n) is 3.13. The van der Waals surface area contributed by atoms with Crippen molar-refractivity contribution in [1.29, 1.82) is 5.26 Å². The first-order chi connectivity index (χ1) is 11.7. The maximum atomic E-state index is 9.63. The van der Waals surface area contributed by atoms with Gasteiger partial charge in [-0.2, -0.15) is 5.26 Å². The second-order valence-electron chi connectivity index (χ2n) is 5.62. The quantitative estimate of drug-likeness (QED) is 0.753. The minimum absolute atomic E-state index is 0.160. The minimum Gasteiger partial charge on any atom is -0.440 e. The first kappa shape index (κ1) is 15.4. The third-order valence-corrected chi connectivity index (χ3v) is 5.90. The largest absolute Gasteiger partial charge is 0.440 e. The molecule has 0 spiro atoms. The predicted octanol–water partition coefficient (Wildman–Crippen LogP) is 4.77. The van der Waals surface area contributed by atoms with Crippen LogP contribution in [0.25, 0.3) is 5.76 Å². The Hall–Kier alpha value is -2.16. The summed E-state index contributed by atoms with van der Waals surface area (Å²) in [4.78, 5) is 1.18. The number of hydrogen-bond donors (Lipinski definition) is 1. The smallest absolute Gasteiger partial charge is 0.205 e. The lowest BCUT2D eigenvalue weighted by molar-refractivity contribution is 0.354. The van der Waals surface area contributed by atoms with Gasteiger partial charge in [0.05, 0.1) is 5.92 Å². The zero-order valence-corrected chi connectivity index (χ0v) is 15.0. The lowest BCUT2D eigenvalue weighted by atomic mass is 9.83. The number of thioether (sulfide) groups is 1. The number of nitrogens with two attached hydrogens (primary N) is 1. The summed E-state index contributed by atoms with van der Waals surface area (Å²) in [6, 6.07) is 18.4. The highest BCUT2D eigenvalue weighted by molar-refractivity contribution is 9.10. The van der Waals surface area contributed by atoms with E-state index in [0.717, 1.165) is 32.7 Å². The Morgan fingerprint density at radius 3 is 2.67 bits per heavy atom. The van der Waals surface area contributed by atoms with Crippen molar-refractivity contribution in [3.05, 3.63) is 81.2 Å². The van der Waals surface area contributed by atoms with E-state index in [4.69, 9.17) is 10.5 Å². The van der Waals surface area contributed by atoms with Crippen molar-refractivity contribution in [2.75, 3.05) is 5.75 Å². The maximum absolute atomic E-state index is 9.63. The van der Waals surface area contributed by atoms with Crippen LogP contribution in [0.2, 0.25) is 0 Å². The van der Waals surface area contributed by atoms with Crippen molar-refractivity contribution in [3.8, 4) is 6.07 Å². The number of nitrogens with zero attached hydrogens (tertiary/aromatic N) is 1. The molecule has 2 N–H and O–H groups in total. The number of fused-ring (bicyclic) bond motifs is 2. The van der Waals surface area contributed by atoms with Crippen molar-refractivity contribution in [2.45, 2.75) is 10.8 Å². The third kappa shape index (κ3) is 2.43. The topological polar surface area (TPSA) is 59.0 Å². The molecular weight excluding hydrogens is 384 g/mol. The fourth-order valence-corrected chi connectivity index (χ4v) is 4.50. The zero-order valence-electron chi connectivity index (χ0n) is 12.6. The highest BCUT2D eigenvalue weighted by Gasteiger charge is 2.35. The fraction of sp³-hybridized carbons (Fsp3) is 0.105. The van der Waals surface area contributed by atoms with E-state index in [1.807, 2.05) is 42.5 Å². The standard InChI is InChI=1S/C19H13BrN2OS/c20-12-7-5-11(6-8-12)17-14(9-21)19(22)23-18-13-3-1-2-4-16(13)24-10-15(17)18/h1-8,17H,10,22H2. The molecule has 0 fully saturated rings. The molecule has 2 aromatic rings. The Kier molecular flexibility index (Phi) is 3.87. The Bertz CT molecular complexity index is 925. The number of rotatable bonds is 1. The molecule has 3 nitrogen and oxygen atoms in total. The van der Waals surface area contributed by atoms with Gasteiger partial charge < -0.3 is 10.5 Å². The molecule has 24 heavy (non-hydrogen) atoms. The van der Waals surface area contributed by atoms with E-state index in [2.05, 4.69) is 28.1 Å². The van der Waals surface area contributed by atoms with E-state index < -0.39 is 0 Å². The van der Waals surface area contributed by atoms with Crippen LogP contribution in [0.15, 0.2) is 74.9 Å². The van der Waals surface area contributed by atoms with E-state index in [0.29, 0.717) is 5.57 Å². The number of hydrogen-bond acceptors (Lipinski definition) is 4. The van der Waals surface area contributed by atoms with E-state index in [-0.39, 0.29) is 11.8 Å². The summed E-state index contributed by atoms with van der Waals surface area (Å²) in [6.45, 7) is 0. The van der Waals surface area contributed by atoms with Crippen LogP contribution in [0, 0.1) is 11.3 Å². The van der Waals surface area contributed by atoms with Crippen LogP contribution in [-0.2, 0) is 4.74 Å². The molecule has 2 aliphatic rings. The summed E-state index contributed by atoms with van der Waals surface area (Å²) >= 11 is 5.23. The average Bonchev–Trinajstić information content (AvgIpc) is 2.61. The van der Waals surface area contributed by atoms with Gasteiger partial charge in [-0.05, 0) is 29.3 Å².